The fraction of sp³-hybridized carbons (Fsp3) is 0.522. The summed E-state index contributed by atoms with van der Waals surface area (Å²) in [4.78, 5) is 17.2. The summed E-state index contributed by atoms with van der Waals surface area (Å²) in [6, 6.07) is 5.93. The quantitative estimate of drug-likeness (QED) is 0.571. The van der Waals surface area contributed by atoms with E-state index in [4.69, 9.17) is 14.6 Å². The highest BCUT2D eigenvalue weighted by molar-refractivity contribution is 6.07. The van der Waals surface area contributed by atoms with E-state index >= 15 is 0 Å². The monoisotopic (exact) mass is 446 g/mol. The van der Waals surface area contributed by atoms with E-state index in [1.54, 1.807) is 25.4 Å². The molecule has 31 heavy (non-hydrogen) atoms. The van der Waals surface area contributed by atoms with Gasteiger partial charge >= 0.3 is 0 Å². The summed E-state index contributed by atoms with van der Waals surface area (Å²) in [5, 5.41) is 6.58. The van der Waals surface area contributed by atoms with Crippen LogP contribution in [0.5, 0.6) is 11.5 Å². The molecule has 2 aliphatic rings. The number of aryl methyl sites for hydroxylation is 1. The summed E-state index contributed by atoms with van der Waals surface area (Å²) < 4.78 is 12.9. The second-order valence-corrected chi connectivity index (χ2v) is 8.02. The van der Waals surface area contributed by atoms with E-state index in [1.807, 2.05) is 30.7 Å². The van der Waals surface area contributed by atoms with Gasteiger partial charge in [-0.2, -0.15) is 5.10 Å². The van der Waals surface area contributed by atoms with E-state index in [-0.39, 0.29) is 30.2 Å². The Balaban J connectivity index is 0.00000272. The highest BCUT2D eigenvalue weighted by Gasteiger charge is 2.41. The van der Waals surface area contributed by atoms with E-state index in [1.165, 1.54) is 0 Å². The molecule has 0 N–H and O–H groups in total. The molecule has 2 atom stereocenters. The number of benzene rings is 1. The molecule has 2 heterocycles. The number of carbonyl (C=O) groups is 1. The summed E-state index contributed by atoms with van der Waals surface area (Å²) in [6.07, 6.45) is 11.7. The van der Waals surface area contributed by atoms with Gasteiger partial charge < -0.3 is 14.0 Å². The van der Waals surface area contributed by atoms with Crippen LogP contribution < -0.4 is 9.47 Å². The number of halogens is 1. The summed E-state index contributed by atoms with van der Waals surface area (Å²) in [6.45, 7) is 1.55. The number of hydrogen-bond donors (Lipinski definition) is 0. The van der Waals surface area contributed by atoms with E-state index in [9.17, 15) is 4.79 Å². The Hall–Kier alpha value is -2.54. The molecular formula is C23H31ClN4O3. The van der Waals surface area contributed by atoms with Crippen molar-refractivity contribution in [2.45, 2.75) is 45.1 Å². The summed E-state index contributed by atoms with van der Waals surface area (Å²) >= 11 is 0. The largest absolute Gasteiger partial charge is 0.493 e. The molecule has 2 aromatic rings. The van der Waals surface area contributed by atoms with E-state index in [0.717, 1.165) is 56.3 Å². The van der Waals surface area contributed by atoms with Crippen molar-refractivity contribution in [3.05, 3.63) is 42.5 Å². The van der Waals surface area contributed by atoms with Crippen LogP contribution in [0.25, 0.3) is 0 Å². The fourth-order valence-electron chi connectivity index (χ4n) is 4.60. The number of methoxy groups -OCH3 is 2. The van der Waals surface area contributed by atoms with Gasteiger partial charge in [-0.15, -0.1) is 12.4 Å². The van der Waals surface area contributed by atoms with E-state index in [2.05, 4.69) is 9.55 Å². The van der Waals surface area contributed by atoms with Crippen LogP contribution >= 0.6 is 12.4 Å². The molecule has 8 heteroatoms. The number of hydrogen-bond acceptors (Lipinski definition) is 5. The SMILES string of the molecule is COc1ccc(C2=NN(CCCCn3ccnc3)C(=O)[C@H]3CCCC[C@@H]23)cc1OC.Cl. The first kappa shape index (κ1) is 23.1. The molecule has 0 bridgehead atoms. The van der Waals surface area contributed by atoms with Crippen LogP contribution in [0.4, 0.5) is 0 Å². The van der Waals surface area contributed by atoms with E-state index < -0.39 is 0 Å². The molecule has 1 saturated carbocycles. The maximum Gasteiger partial charge on any atom is 0.246 e. The molecule has 7 nitrogen and oxygen atoms in total. The lowest BCUT2D eigenvalue weighted by atomic mass is 9.73. The average molecular weight is 447 g/mol. The van der Waals surface area contributed by atoms with Crippen molar-refractivity contribution in [1.82, 2.24) is 14.6 Å². The average Bonchev–Trinajstić information content (AvgIpc) is 3.31. The number of ether oxygens (including phenoxy) is 2. The van der Waals surface area contributed by atoms with Gasteiger partial charge in [0.25, 0.3) is 0 Å². The summed E-state index contributed by atoms with van der Waals surface area (Å²) in [7, 11) is 3.28. The van der Waals surface area contributed by atoms with Crippen molar-refractivity contribution in [1.29, 1.82) is 0 Å². The Labute approximate surface area is 189 Å². The molecule has 4 rings (SSSR count). The predicted octanol–water partition coefficient (Wildman–Crippen LogP) is 4.16. The van der Waals surface area contributed by atoms with Gasteiger partial charge in [-0.05, 0) is 43.9 Å². The van der Waals surface area contributed by atoms with Crippen LogP contribution in [-0.2, 0) is 11.3 Å². The standard InChI is InChI=1S/C23H30N4O3.ClH/c1-29-20-10-9-17(15-21(20)30-2)22-18-7-3-4-8-19(18)23(28)27(25-22)13-6-5-12-26-14-11-24-16-26;/h9-11,14-16,18-19H,3-8,12-13H2,1-2H3;1H/t18-,19+;/m1./s1. The van der Waals surface area contributed by atoms with Gasteiger partial charge in [-0.25, -0.2) is 9.99 Å². The molecule has 1 aromatic heterocycles. The molecule has 0 radical (unpaired) electrons. The molecule has 1 aliphatic heterocycles. The first-order valence-corrected chi connectivity index (χ1v) is 10.8. The minimum absolute atomic E-state index is 0. The Morgan fingerprint density at radius 2 is 1.77 bits per heavy atom. The number of unbranched alkanes of at least 4 members (excludes halogenated alkanes) is 1. The van der Waals surface area contributed by atoms with Crippen LogP contribution in [0.1, 0.15) is 44.1 Å². The normalized spacial score (nSPS) is 20.5. The van der Waals surface area contributed by atoms with Crippen molar-refractivity contribution < 1.29 is 14.3 Å². The summed E-state index contributed by atoms with van der Waals surface area (Å²) in [5.74, 6) is 1.80. The highest BCUT2D eigenvalue weighted by Crippen LogP contribution is 2.39. The molecule has 1 amide bonds. The van der Waals surface area contributed by atoms with Crippen LogP contribution in [0.15, 0.2) is 42.0 Å². The smallest absolute Gasteiger partial charge is 0.246 e. The zero-order valence-electron chi connectivity index (χ0n) is 18.2. The van der Waals surface area contributed by atoms with Crippen molar-refractivity contribution in [2.24, 2.45) is 16.9 Å². The second kappa shape index (κ2) is 10.7. The first-order chi connectivity index (χ1) is 14.7. The van der Waals surface area contributed by atoms with Crippen molar-refractivity contribution >= 4 is 24.0 Å². The van der Waals surface area contributed by atoms with E-state index in [0.29, 0.717) is 18.0 Å². The van der Waals surface area contributed by atoms with Crippen LogP contribution in [0.3, 0.4) is 0 Å². The lowest BCUT2D eigenvalue weighted by Crippen LogP contribution is -2.46. The molecule has 0 unspecified atom stereocenters. The van der Waals surface area contributed by atoms with Crippen LogP contribution in [0, 0.1) is 11.8 Å². The Morgan fingerprint density at radius 1 is 1.03 bits per heavy atom. The van der Waals surface area contributed by atoms with Gasteiger partial charge in [0.15, 0.2) is 11.5 Å². The molecular weight excluding hydrogens is 416 g/mol. The minimum atomic E-state index is 0. The van der Waals surface area contributed by atoms with Crippen molar-refractivity contribution in [2.75, 3.05) is 20.8 Å². The van der Waals surface area contributed by atoms with Crippen molar-refractivity contribution in [3.63, 3.8) is 0 Å². The molecule has 0 spiro atoms. The number of rotatable bonds is 8. The molecule has 168 valence electrons. The maximum absolute atomic E-state index is 13.1. The van der Waals surface area contributed by atoms with Crippen molar-refractivity contribution in [3.8, 4) is 11.5 Å². The third-order valence-corrected chi connectivity index (χ3v) is 6.19. The lowest BCUT2D eigenvalue weighted by Gasteiger charge is -2.38. The molecule has 1 aliphatic carbocycles. The fourth-order valence-corrected chi connectivity index (χ4v) is 4.60. The topological polar surface area (TPSA) is 69.0 Å². The number of imidazole rings is 1. The van der Waals surface area contributed by atoms with Crippen LogP contribution in [0.2, 0.25) is 0 Å². The van der Waals surface area contributed by atoms with Gasteiger partial charge in [-0.3, -0.25) is 4.79 Å². The number of fused-ring (bicyclic) bond motifs is 1. The predicted molar refractivity (Wildman–Crippen MR) is 122 cm³/mol. The second-order valence-electron chi connectivity index (χ2n) is 8.02. The molecule has 1 aromatic carbocycles. The number of aromatic nitrogens is 2. The summed E-state index contributed by atoms with van der Waals surface area (Å²) in [5.41, 5.74) is 2.02. The Bertz CT molecular complexity index is 900. The highest BCUT2D eigenvalue weighted by atomic mass is 35.5. The number of hydrazone groups is 1. The number of carbonyl (C=O) groups excluding carboxylic acids is 1. The van der Waals surface area contributed by atoms with Gasteiger partial charge in [-0.1, -0.05) is 12.8 Å². The molecule has 0 saturated heterocycles. The van der Waals surface area contributed by atoms with Crippen LogP contribution in [-0.4, -0.2) is 46.9 Å². The zero-order valence-corrected chi connectivity index (χ0v) is 19.0. The Kier molecular flexibility index (Phi) is 7.96. The number of amides is 1. The third kappa shape index (κ3) is 5.03. The lowest BCUT2D eigenvalue weighted by molar-refractivity contribution is -0.139. The van der Waals surface area contributed by atoms with Gasteiger partial charge in [0.2, 0.25) is 5.91 Å². The van der Waals surface area contributed by atoms with Gasteiger partial charge in [0.1, 0.15) is 0 Å². The molecule has 1 fully saturated rings. The maximum atomic E-state index is 13.1. The van der Waals surface area contributed by atoms with Gasteiger partial charge in [0.05, 0.1) is 26.3 Å². The zero-order chi connectivity index (χ0) is 20.9. The first-order valence-electron chi connectivity index (χ1n) is 10.8. The number of nitrogens with zero attached hydrogens (tertiary/aromatic N) is 4. The minimum Gasteiger partial charge on any atom is -0.493 e. The third-order valence-electron chi connectivity index (χ3n) is 6.19. The Morgan fingerprint density at radius 3 is 2.48 bits per heavy atom. The van der Waals surface area contributed by atoms with Gasteiger partial charge in [0, 0.05) is 42.9 Å².